The zero-order valence-corrected chi connectivity index (χ0v) is 34.0. The van der Waals surface area contributed by atoms with Crippen molar-refractivity contribution >= 4 is 0 Å². The topological polar surface area (TPSA) is 51.6 Å². The van der Waals surface area contributed by atoms with Gasteiger partial charge in [0.25, 0.3) is 0 Å². The molecule has 0 radical (unpaired) electrons. The average molecular weight is 805 g/mol. The molecule has 4 aromatic carbocycles. The standard InChI is InChI=1S/C60H28N4/c1-2-18-46-22-6-10-26-50(46)38-42-54-30-14-34-59(62-54)60-36-16-32-56(64-60)44-40-52-28-12-8-24-48(52)20-4-3-19-47-23-7-11-27-51(47)39-43-55-31-15-35-58(63-55)57-33-13-29-53(61-57)41-37-49-25-9-5-21-45(49)17-1/h5-16,21-36H. The molecular formula is C60H28N4. The van der Waals surface area contributed by atoms with Crippen LogP contribution in [0.4, 0.5) is 0 Å². The monoisotopic (exact) mass is 804 g/mol. The summed E-state index contributed by atoms with van der Waals surface area (Å²) in [6.45, 7) is 0. The molecule has 1 aliphatic heterocycles. The van der Waals surface area contributed by atoms with Crippen LogP contribution in [0.2, 0.25) is 0 Å². The van der Waals surface area contributed by atoms with Crippen molar-refractivity contribution < 1.29 is 0 Å². The molecule has 64 heavy (non-hydrogen) atoms. The maximum atomic E-state index is 4.81. The van der Waals surface area contributed by atoms with Crippen LogP contribution in [0.5, 0.6) is 0 Å². The first-order valence-corrected chi connectivity index (χ1v) is 20.1. The molecule has 8 bridgehead atoms. The Morgan fingerprint density at radius 2 is 0.391 bits per heavy atom. The molecule has 4 aromatic heterocycles. The number of benzene rings is 4. The van der Waals surface area contributed by atoms with Crippen molar-refractivity contribution in [3.8, 4) is 118 Å². The predicted octanol–water partition coefficient (Wildman–Crippen LogP) is 9.32. The van der Waals surface area contributed by atoms with E-state index >= 15 is 0 Å². The summed E-state index contributed by atoms with van der Waals surface area (Å²) in [5.41, 5.74) is 11.2. The molecule has 8 aromatic rings. The zero-order valence-electron chi connectivity index (χ0n) is 34.0. The Bertz CT molecular complexity index is 3190. The maximum absolute atomic E-state index is 4.81. The van der Waals surface area contributed by atoms with Gasteiger partial charge in [-0.2, -0.15) is 0 Å². The fourth-order valence-corrected chi connectivity index (χ4v) is 6.31. The van der Waals surface area contributed by atoms with Crippen molar-refractivity contribution in [2.45, 2.75) is 0 Å². The molecule has 1 aliphatic rings. The Hall–Kier alpha value is -10.0. The van der Waals surface area contributed by atoms with E-state index in [1.54, 1.807) is 0 Å². The van der Waals surface area contributed by atoms with Crippen LogP contribution in [0.15, 0.2) is 170 Å². The Morgan fingerprint density at radius 1 is 0.188 bits per heavy atom. The number of nitrogens with zero attached hydrogens (tertiary/aromatic N) is 4. The Kier molecular flexibility index (Phi) is 11.9. The number of hydrogen-bond donors (Lipinski definition) is 0. The van der Waals surface area contributed by atoms with Gasteiger partial charge in [-0.15, -0.1) is 0 Å². The molecule has 0 aliphatic carbocycles. The number of rotatable bonds is 0. The van der Waals surface area contributed by atoms with E-state index in [9.17, 15) is 0 Å². The van der Waals surface area contributed by atoms with Gasteiger partial charge in [0.05, 0.1) is 22.8 Å². The molecule has 0 amide bonds. The van der Waals surface area contributed by atoms with Gasteiger partial charge in [0, 0.05) is 44.5 Å². The summed E-state index contributed by atoms with van der Waals surface area (Å²) in [5, 5.41) is 0. The van der Waals surface area contributed by atoms with Crippen LogP contribution < -0.4 is 0 Å². The quantitative estimate of drug-likeness (QED) is 0.144. The summed E-state index contributed by atoms with van der Waals surface area (Å²) in [7, 11) is 0. The van der Waals surface area contributed by atoms with Crippen molar-refractivity contribution in [3.05, 3.63) is 237 Å². The van der Waals surface area contributed by atoms with E-state index in [4.69, 9.17) is 19.9 Å². The highest BCUT2D eigenvalue weighted by atomic mass is 14.8. The van der Waals surface area contributed by atoms with Gasteiger partial charge in [-0.3, -0.25) is 0 Å². The SMILES string of the molecule is C1#Cc2ccccc2C#Cc2cccc(n2)-c2cccc(n2)C#Cc2ccccc2C#CC#Cc2ccccc2C#Cc2cccc(n2)-c2cccc(n2)C#Cc2ccccc2C#C1. The Balaban J connectivity index is 1.11. The van der Waals surface area contributed by atoms with E-state index in [0.29, 0.717) is 45.6 Å². The minimum atomic E-state index is 0.596. The second kappa shape index (κ2) is 19.4. The molecule has 288 valence electrons. The largest absolute Gasteiger partial charge is 0.238 e. The van der Waals surface area contributed by atoms with Crippen molar-refractivity contribution in [2.75, 3.05) is 0 Å². The average Bonchev–Trinajstić information content (AvgIpc) is 3.35. The van der Waals surface area contributed by atoms with Crippen molar-refractivity contribution in [1.29, 1.82) is 0 Å². The lowest BCUT2D eigenvalue weighted by Gasteiger charge is -2.01. The van der Waals surface area contributed by atoms with Gasteiger partial charge in [0.1, 0.15) is 22.8 Å². The van der Waals surface area contributed by atoms with Crippen LogP contribution in [0.3, 0.4) is 0 Å². The third-order valence-corrected chi connectivity index (χ3v) is 9.44. The van der Waals surface area contributed by atoms with E-state index in [1.807, 2.05) is 170 Å². The predicted molar refractivity (Wildman–Crippen MR) is 252 cm³/mol. The van der Waals surface area contributed by atoms with Gasteiger partial charge in [-0.1, -0.05) is 120 Å². The van der Waals surface area contributed by atoms with Crippen molar-refractivity contribution in [3.63, 3.8) is 0 Å². The van der Waals surface area contributed by atoms with Gasteiger partial charge in [0.2, 0.25) is 0 Å². The van der Waals surface area contributed by atoms with E-state index in [-0.39, 0.29) is 0 Å². The molecule has 0 saturated carbocycles. The first kappa shape index (κ1) is 39.4. The highest BCUT2D eigenvalue weighted by Gasteiger charge is 2.06. The lowest BCUT2D eigenvalue weighted by Crippen LogP contribution is -1.92. The molecule has 9 rings (SSSR count). The summed E-state index contributed by atoms with van der Waals surface area (Å²) in [6.07, 6.45) is 0. The van der Waals surface area contributed by atoms with Gasteiger partial charge in [0.15, 0.2) is 0 Å². The van der Waals surface area contributed by atoms with Gasteiger partial charge < -0.3 is 0 Å². The molecule has 0 unspecified atom stereocenters. The van der Waals surface area contributed by atoms with Crippen LogP contribution in [-0.2, 0) is 0 Å². The first-order chi connectivity index (χ1) is 31.7. The molecule has 0 spiro atoms. The van der Waals surface area contributed by atoms with Crippen LogP contribution in [0, 0.1) is 94.7 Å². The Morgan fingerprint density at radius 3 is 0.609 bits per heavy atom. The lowest BCUT2D eigenvalue weighted by molar-refractivity contribution is 1.21. The zero-order chi connectivity index (χ0) is 43.2. The van der Waals surface area contributed by atoms with Crippen molar-refractivity contribution in [2.24, 2.45) is 0 Å². The van der Waals surface area contributed by atoms with Crippen LogP contribution in [-0.4, -0.2) is 19.9 Å². The van der Waals surface area contributed by atoms with Gasteiger partial charge >= 0.3 is 0 Å². The summed E-state index contributed by atoms with van der Waals surface area (Å²) < 4.78 is 0. The number of hydrogen-bond acceptors (Lipinski definition) is 4. The summed E-state index contributed by atoms with van der Waals surface area (Å²) in [6, 6.07) is 53.6. The van der Waals surface area contributed by atoms with Crippen LogP contribution in [0.1, 0.15) is 67.3 Å². The number of fused-ring (bicyclic) bond motifs is 14. The van der Waals surface area contributed by atoms with Gasteiger partial charge in [-0.25, -0.2) is 19.9 Å². The maximum Gasteiger partial charge on any atom is 0.114 e. The summed E-state index contributed by atoms with van der Waals surface area (Å²) in [4.78, 5) is 19.2. The second-order valence-corrected chi connectivity index (χ2v) is 13.8. The molecule has 0 N–H and O–H groups in total. The van der Waals surface area contributed by atoms with Crippen LogP contribution in [0.25, 0.3) is 22.8 Å². The van der Waals surface area contributed by atoms with E-state index in [1.165, 1.54) is 0 Å². The van der Waals surface area contributed by atoms with E-state index in [0.717, 1.165) is 44.5 Å². The normalized spacial score (nSPS) is 10.5. The fraction of sp³-hybridized carbons (Fsp3) is 0. The highest BCUT2D eigenvalue weighted by Crippen LogP contribution is 2.18. The third kappa shape index (κ3) is 10.0. The molecule has 4 nitrogen and oxygen atoms in total. The summed E-state index contributed by atoms with van der Waals surface area (Å²) >= 11 is 0. The molecular weight excluding hydrogens is 777 g/mol. The second-order valence-electron chi connectivity index (χ2n) is 13.8. The minimum Gasteiger partial charge on any atom is -0.238 e. The molecule has 4 heteroatoms. The molecule has 0 atom stereocenters. The third-order valence-electron chi connectivity index (χ3n) is 9.44. The molecule has 0 saturated heterocycles. The van der Waals surface area contributed by atoms with Gasteiger partial charge in [-0.05, 0) is 144 Å². The Labute approximate surface area is 373 Å². The number of pyridine rings is 4. The van der Waals surface area contributed by atoms with E-state index < -0.39 is 0 Å². The highest BCUT2D eigenvalue weighted by molar-refractivity contribution is 5.62. The lowest BCUT2D eigenvalue weighted by atomic mass is 10.1. The van der Waals surface area contributed by atoms with E-state index in [2.05, 4.69) is 94.7 Å². The summed E-state index contributed by atoms with van der Waals surface area (Å²) in [5.74, 6) is 50.6. The molecule has 5 heterocycles. The number of aromatic nitrogens is 4. The smallest absolute Gasteiger partial charge is 0.114 e. The minimum absolute atomic E-state index is 0.596. The first-order valence-electron chi connectivity index (χ1n) is 20.1. The molecule has 0 fully saturated rings. The van der Waals surface area contributed by atoms with Crippen molar-refractivity contribution in [1.82, 2.24) is 19.9 Å². The fourth-order valence-electron chi connectivity index (χ4n) is 6.31. The van der Waals surface area contributed by atoms with Crippen LogP contribution >= 0.6 is 0 Å².